The van der Waals surface area contributed by atoms with Gasteiger partial charge in [-0.15, -0.1) is 0 Å². The zero-order valence-corrected chi connectivity index (χ0v) is 11.7. The van der Waals surface area contributed by atoms with Crippen LogP contribution in [0, 0.1) is 6.92 Å². The molecule has 1 aliphatic rings. The molecule has 0 fully saturated rings. The van der Waals surface area contributed by atoms with Crippen LogP contribution in [0.5, 0.6) is 5.88 Å². The predicted octanol–water partition coefficient (Wildman–Crippen LogP) is 1.19. The summed E-state index contributed by atoms with van der Waals surface area (Å²) in [6.07, 6.45) is 5.04. The highest BCUT2D eigenvalue weighted by atomic mass is 16.5. The first kappa shape index (κ1) is 12.8. The van der Waals surface area contributed by atoms with Gasteiger partial charge in [-0.3, -0.25) is 0 Å². The summed E-state index contributed by atoms with van der Waals surface area (Å²) in [7, 11) is 1.61. The van der Waals surface area contributed by atoms with Crippen LogP contribution in [0.4, 0.5) is 5.82 Å². The number of nitrogens with zero attached hydrogens (tertiary/aromatic N) is 5. The number of methoxy groups -OCH3 is 1. The Balaban J connectivity index is 1.84. The first-order valence-electron chi connectivity index (χ1n) is 6.68. The van der Waals surface area contributed by atoms with Crippen LogP contribution < -0.4 is 9.64 Å². The first-order valence-corrected chi connectivity index (χ1v) is 6.68. The Hall–Kier alpha value is -2.24. The van der Waals surface area contributed by atoms with Crippen LogP contribution in [-0.4, -0.2) is 40.1 Å². The van der Waals surface area contributed by atoms with Crippen molar-refractivity contribution in [2.45, 2.75) is 19.8 Å². The molecule has 3 heterocycles. The van der Waals surface area contributed by atoms with E-state index in [0.29, 0.717) is 5.88 Å². The zero-order valence-electron chi connectivity index (χ0n) is 11.7. The highest BCUT2D eigenvalue weighted by Crippen LogP contribution is 2.21. The van der Waals surface area contributed by atoms with E-state index in [0.717, 1.165) is 43.1 Å². The number of hydrogen-bond donors (Lipinski definition) is 0. The zero-order chi connectivity index (χ0) is 13.9. The molecule has 0 unspecified atom stereocenters. The van der Waals surface area contributed by atoms with E-state index in [2.05, 4.69) is 24.8 Å². The van der Waals surface area contributed by atoms with Crippen LogP contribution in [0.15, 0.2) is 18.7 Å². The molecule has 0 spiro atoms. The van der Waals surface area contributed by atoms with Gasteiger partial charge in [-0.1, -0.05) is 0 Å². The molecule has 3 rings (SSSR count). The smallest absolute Gasteiger partial charge is 0.218 e. The van der Waals surface area contributed by atoms with E-state index in [1.165, 1.54) is 11.9 Å². The van der Waals surface area contributed by atoms with Crippen LogP contribution >= 0.6 is 0 Å². The highest BCUT2D eigenvalue weighted by molar-refractivity contribution is 5.42. The van der Waals surface area contributed by atoms with Crippen molar-refractivity contribution < 1.29 is 4.74 Å². The summed E-state index contributed by atoms with van der Waals surface area (Å²) >= 11 is 0. The summed E-state index contributed by atoms with van der Waals surface area (Å²) in [6.45, 7) is 3.84. The molecule has 0 N–H and O–H groups in total. The standard InChI is InChI=1S/C14H17N5O/c1-10-11-3-5-19(6-4-12(11)16-8-15-10)13-7-14(20-2)18-9-17-13/h7-9H,3-6H2,1-2H3. The van der Waals surface area contributed by atoms with E-state index in [1.54, 1.807) is 13.4 Å². The fraction of sp³-hybridized carbons (Fsp3) is 0.429. The second-order valence-electron chi connectivity index (χ2n) is 4.79. The van der Waals surface area contributed by atoms with Crippen molar-refractivity contribution in [1.82, 2.24) is 19.9 Å². The summed E-state index contributed by atoms with van der Waals surface area (Å²) in [5, 5.41) is 0. The molecule has 0 radical (unpaired) electrons. The summed E-state index contributed by atoms with van der Waals surface area (Å²) in [6, 6.07) is 1.87. The van der Waals surface area contributed by atoms with Gasteiger partial charge >= 0.3 is 0 Å². The maximum absolute atomic E-state index is 5.16. The van der Waals surface area contributed by atoms with E-state index < -0.39 is 0 Å². The van der Waals surface area contributed by atoms with Gasteiger partial charge in [0.1, 0.15) is 18.5 Å². The van der Waals surface area contributed by atoms with Crippen molar-refractivity contribution in [2.75, 3.05) is 25.1 Å². The minimum absolute atomic E-state index is 0.590. The topological polar surface area (TPSA) is 64.0 Å². The van der Waals surface area contributed by atoms with Gasteiger partial charge in [0.05, 0.1) is 7.11 Å². The van der Waals surface area contributed by atoms with Gasteiger partial charge in [-0.25, -0.2) is 19.9 Å². The molecule has 104 valence electrons. The number of rotatable bonds is 2. The third kappa shape index (κ3) is 2.41. The number of aryl methyl sites for hydroxylation is 1. The van der Waals surface area contributed by atoms with Gasteiger partial charge in [0.15, 0.2) is 0 Å². The second-order valence-corrected chi connectivity index (χ2v) is 4.79. The molecule has 2 aromatic rings. The van der Waals surface area contributed by atoms with Crippen molar-refractivity contribution in [3.63, 3.8) is 0 Å². The van der Waals surface area contributed by atoms with Gasteiger partial charge < -0.3 is 9.64 Å². The minimum Gasteiger partial charge on any atom is -0.481 e. The molecular weight excluding hydrogens is 254 g/mol. The third-order valence-corrected chi connectivity index (χ3v) is 3.66. The third-order valence-electron chi connectivity index (χ3n) is 3.66. The lowest BCUT2D eigenvalue weighted by Crippen LogP contribution is -2.27. The van der Waals surface area contributed by atoms with Crippen LogP contribution in [0.2, 0.25) is 0 Å². The Labute approximate surface area is 117 Å². The molecular formula is C14H17N5O. The Morgan fingerprint density at radius 2 is 1.85 bits per heavy atom. The molecule has 0 saturated heterocycles. The van der Waals surface area contributed by atoms with E-state index in [-0.39, 0.29) is 0 Å². The Morgan fingerprint density at radius 3 is 2.70 bits per heavy atom. The van der Waals surface area contributed by atoms with E-state index in [9.17, 15) is 0 Å². The molecule has 20 heavy (non-hydrogen) atoms. The van der Waals surface area contributed by atoms with Gasteiger partial charge in [0.25, 0.3) is 0 Å². The Morgan fingerprint density at radius 1 is 1.05 bits per heavy atom. The molecule has 2 aromatic heterocycles. The molecule has 0 amide bonds. The van der Waals surface area contributed by atoms with Crippen molar-refractivity contribution >= 4 is 5.82 Å². The van der Waals surface area contributed by atoms with Crippen LogP contribution in [0.1, 0.15) is 17.0 Å². The molecule has 6 nitrogen and oxygen atoms in total. The first-order chi connectivity index (χ1) is 9.78. The van der Waals surface area contributed by atoms with E-state index in [4.69, 9.17) is 4.74 Å². The minimum atomic E-state index is 0.590. The summed E-state index contributed by atoms with van der Waals surface area (Å²) < 4.78 is 5.16. The Kier molecular flexibility index (Phi) is 3.45. The highest BCUT2D eigenvalue weighted by Gasteiger charge is 2.18. The normalized spacial score (nSPS) is 14.6. The summed E-state index contributed by atoms with van der Waals surface area (Å²) in [5.41, 5.74) is 3.51. The quantitative estimate of drug-likeness (QED) is 0.817. The average Bonchev–Trinajstić information content (AvgIpc) is 2.71. The van der Waals surface area contributed by atoms with Crippen molar-refractivity contribution in [2.24, 2.45) is 0 Å². The number of hydrogen-bond acceptors (Lipinski definition) is 6. The van der Waals surface area contributed by atoms with Crippen LogP contribution in [0.3, 0.4) is 0 Å². The van der Waals surface area contributed by atoms with Crippen molar-refractivity contribution in [1.29, 1.82) is 0 Å². The maximum atomic E-state index is 5.16. The lowest BCUT2D eigenvalue weighted by atomic mass is 10.1. The predicted molar refractivity (Wildman–Crippen MR) is 75.0 cm³/mol. The van der Waals surface area contributed by atoms with Crippen LogP contribution in [0.25, 0.3) is 0 Å². The largest absolute Gasteiger partial charge is 0.481 e. The van der Waals surface area contributed by atoms with Gasteiger partial charge in [0.2, 0.25) is 5.88 Å². The molecule has 0 saturated carbocycles. The van der Waals surface area contributed by atoms with Gasteiger partial charge in [0, 0.05) is 37.0 Å². The fourth-order valence-electron chi connectivity index (χ4n) is 2.53. The molecule has 6 heteroatoms. The lowest BCUT2D eigenvalue weighted by Gasteiger charge is -2.21. The monoisotopic (exact) mass is 271 g/mol. The number of fused-ring (bicyclic) bond motifs is 1. The molecule has 0 atom stereocenters. The lowest BCUT2D eigenvalue weighted by molar-refractivity contribution is 0.396. The van der Waals surface area contributed by atoms with Crippen LogP contribution in [-0.2, 0) is 12.8 Å². The van der Waals surface area contributed by atoms with E-state index >= 15 is 0 Å². The number of anilines is 1. The SMILES string of the molecule is COc1cc(N2CCc3ncnc(C)c3CC2)ncn1. The molecule has 0 aliphatic carbocycles. The van der Waals surface area contributed by atoms with E-state index in [1.807, 2.05) is 13.0 Å². The number of ether oxygens (including phenoxy) is 1. The molecule has 0 bridgehead atoms. The molecule has 1 aliphatic heterocycles. The Bertz CT molecular complexity index is 616. The van der Waals surface area contributed by atoms with Crippen molar-refractivity contribution in [3.05, 3.63) is 35.7 Å². The summed E-state index contributed by atoms with van der Waals surface area (Å²) in [4.78, 5) is 19.3. The maximum Gasteiger partial charge on any atom is 0.218 e. The average molecular weight is 271 g/mol. The van der Waals surface area contributed by atoms with Crippen molar-refractivity contribution in [3.8, 4) is 5.88 Å². The fourth-order valence-corrected chi connectivity index (χ4v) is 2.53. The molecule has 0 aromatic carbocycles. The second kappa shape index (κ2) is 5.40. The van der Waals surface area contributed by atoms with Gasteiger partial charge in [-0.2, -0.15) is 0 Å². The van der Waals surface area contributed by atoms with Gasteiger partial charge in [-0.05, 0) is 18.9 Å². The number of aromatic nitrogens is 4. The summed E-state index contributed by atoms with van der Waals surface area (Å²) in [5.74, 6) is 1.49.